The zero-order chi connectivity index (χ0) is 20.0. The summed E-state index contributed by atoms with van der Waals surface area (Å²) >= 11 is 5.63. The van der Waals surface area contributed by atoms with Gasteiger partial charge in [0.15, 0.2) is 0 Å². The summed E-state index contributed by atoms with van der Waals surface area (Å²) in [5, 5.41) is 13.1. The first-order chi connectivity index (χ1) is 12.6. The van der Waals surface area contributed by atoms with E-state index >= 15 is 0 Å². The summed E-state index contributed by atoms with van der Waals surface area (Å²) in [4.78, 5) is 13.9. The Morgan fingerprint density at radius 1 is 1.41 bits per heavy atom. The number of piperidine rings is 1. The van der Waals surface area contributed by atoms with Gasteiger partial charge in [-0.2, -0.15) is 0 Å². The van der Waals surface area contributed by atoms with Crippen LogP contribution in [0.5, 0.6) is 5.75 Å². The summed E-state index contributed by atoms with van der Waals surface area (Å²) in [5.41, 5.74) is -0.512. The van der Waals surface area contributed by atoms with Crippen molar-refractivity contribution in [2.75, 3.05) is 26.2 Å². The number of ether oxygens (including phenoxy) is 2. The Labute approximate surface area is 164 Å². The van der Waals surface area contributed by atoms with E-state index in [9.17, 15) is 14.3 Å². The van der Waals surface area contributed by atoms with Crippen LogP contribution in [0, 0.1) is 5.82 Å². The molecule has 1 aromatic carbocycles. The molecule has 2 rings (SSSR count). The number of aliphatic hydroxyl groups is 1. The van der Waals surface area contributed by atoms with Crippen molar-refractivity contribution in [2.45, 2.75) is 51.4 Å². The zero-order valence-electron chi connectivity index (χ0n) is 16.0. The van der Waals surface area contributed by atoms with Gasteiger partial charge in [0.25, 0.3) is 0 Å². The second kappa shape index (κ2) is 9.57. The van der Waals surface area contributed by atoms with Crippen molar-refractivity contribution in [1.82, 2.24) is 10.2 Å². The van der Waals surface area contributed by atoms with Gasteiger partial charge in [-0.05, 0) is 45.7 Å². The van der Waals surface area contributed by atoms with Crippen LogP contribution in [0.4, 0.5) is 9.18 Å². The minimum atomic E-state index is -0.695. The predicted octanol–water partition coefficient (Wildman–Crippen LogP) is 3.21. The number of amides is 1. The number of β-amino-alcohol motifs (C(OH)–C–C–N with tert-alkyl or cyclic N) is 1. The fourth-order valence-electron chi connectivity index (χ4n) is 2.84. The van der Waals surface area contributed by atoms with E-state index < -0.39 is 23.6 Å². The molecule has 1 aliphatic rings. The molecule has 0 bridgehead atoms. The molecule has 1 heterocycles. The number of carbonyl (C=O) groups excluding carboxylic acids is 1. The minimum absolute atomic E-state index is 0.0331. The maximum Gasteiger partial charge on any atom is 0.407 e. The Bertz CT molecular complexity index is 631. The molecule has 1 atom stereocenters. The van der Waals surface area contributed by atoms with Gasteiger partial charge in [0.05, 0.1) is 5.02 Å². The number of nitrogens with one attached hydrogen (secondary N) is 1. The van der Waals surface area contributed by atoms with Crippen LogP contribution in [0.2, 0.25) is 5.02 Å². The molecule has 2 N–H and O–H groups in total. The fraction of sp³-hybridized carbons (Fsp3) is 0.632. The van der Waals surface area contributed by atoms with Gasteiger partial charge in [-0.25, -0.2) is 9.18 Å². The van der Waals surface area contributed by atoms with Crippen molar-refractivity contribution >= 4 is 17.7 Å². The van der Waals surface area contributed by atoms with Crippen LogP contribution >= 0.6 is 11.6 Å². The third-order valence-electron chi connectivity index (χ3n) is 4.11. The number of rotatable bonds is 6. The Kier molecular flexibility index (Phi) is 7.70. The van der Waals surface area contributed by atoms with E-state index in [-0.39, 0.29) is 17.7 Å². The average Bonchev–Trinajstić information content (AvgIpc) is 2.56. The van der Waals surface area contributed by atoms with Gasteiger partial charge in [-0.15, -0.1) is 0 Å². The maximum atomic E-state index is 13.4. The Hall–Kier alpha value is -1.57. The highest BCUT2D eigenvalue weighted by atomic mass is 35.5. The lowest BCUT2D eigenvalue weighted by atomic mass is 10.0. The van der Waals surface area contributed by atoms with Crippen molar-refractivity contribution in [2.24, 2.45) is 0 Å². The normalized spacial score (nSPS) is 17.4. The second-order valence-electron chi connectivity index (χ2n) is 7.76. The van der Waals surface area contributed by atoms with E-state index in [1.807, 2.05) is 20.8 Å². The lowest BCUT2D eigenvalue weighted by Gasteiger charge is -2.33. The molecule has 0 radical (unpaired) electrons. The fourth-order valence-corrected chi connectivity index (χ4v) is 2.96. The van der Waals surface area contributed by atoms with Crippen LogP contribution in [-0.4, -0.2) is 60.1 Å². The molecule has 1 amide bonds. The van der Waals surface area contributed by atoms with Gasteiger partial charge in [-0.3, -0.25) is 0 Å². The molecule has 1 fully saturated rings. The van der Waals surface area contributed by atoms with E-state index in [4.69, 9.17) is 21.1 Å². The number of nitrogens with zero attached hydrogens (tertiary/aromatic N) is 1. The molecular formula is C19H28ClFN2O4. The van der Waals surface area contributed by atoms with E-state index in [0.717, 1.165) is 25.9 Å². The summed E-state index contributed by atoms with van der Waals surface area (Å²) in [6.45, 7) is 7.53. The minimum Gasteiger partial charge on any atom is -0.491 e. The number of carbonyl (C=O) groups is 1. The maximum absolute atomic E-state index is 13.4. The topological polar surface area (TPSA) is 71.0 Å². The molecule has 6 nitrogen and oxygen atoms in total. The molecule has 27 heavy (non-hydrogen) atoms. The zero-order valence-corrected chi connectivity index (χ0v) is 16.8. The summed E-state index contributed by atoms with van der Waals surface area (Å²) in [7, 11) is 0. The van der Waals surface area contributed by atoms with Gasteiger partial charge in [0.2, 0.25) is 0 Å². The van der Waals surface area contributed by atoms with Crippen LogP contribution in [0.3, 0.4) is 0 Å². The molecule has 0 aromatic heterocycles. The van der Waals surface area contributed by atoms with Gasteiger partial charge < -0.3 is 24.8 Å². The van der Waals surface area contributed by atoms with Crippen LogP contribution < -0.4 is 10.1 Å². The molecule has 1 saturated heterocycles. The molecule has 1 unspecified atom stereocenters. The summed E-state index contributed by atoms with van der Waals surface area (Å²) < 4.78 is 24.1. The molecule has 0 aliphatic carbocycles. The first kappa shape index (κ1) is 21.7. The van der Waals surface area contributed by atoms with Crippen LogP contribution in [-0.2, 0) is 4.74 Å². The lowest BCUT2D eigenvalue weighted by Crippen LogP contribution is -2.48. The van der Waals surface area contributed by atoms with E-state index in [2.05, 4.69) is 10.2 Å². The number of hydrogen-bond donors (Lipinski definition) is 2. The summed E-state index contributed by atoms with van der Waals surface area (Å²) in [6.07, 6.45) is 0.480. The average molecular weight is 403 g/mol. The quantitative estimate of drug-likeness (QED) is 0.764. The number of hydrogen-bond acceptors (Lipinski definition) is 5. The first-order valence-electron chi connectivity index (χ1n) is 9.10. The molecule has 1 aromatic rings. The number of halogens is 2. The lowest BCUT2D eigenvalue weighted by molar-refractivity contribution is 0.0421. The number of benzene rings is 1. The van der Waals surface area contributed by atoms with E-state index in [0.29, 0.717) is 12.3 Å². The molecule has 0 spiro atoms. The predicted molar refractivity (Wildman–Crippen MR) is 102 cm³/mol. The van der Waals surface area contributed by atoms with Crippen LogP contribution in [0.15, 0.2) is 18.2 Å². The molecular weight excluding hydrogens is 375 g/mol. The van der Waals surface area contributed by atoms with Crippen molar-refractivity contribution < 1.29 is 23.8 Å². The van der Waals surface area contributed by atoms with E-state index in [1.54, 1.807) is 6.07 Å². The van der Waals surface area contributed by atoms with Crippen molar-refractivity contribution in [3.8, 4) is 5.75 Å². The first-order valence-corrected chi connectivity index (χ1v) is 9.48. The van der Waals surface area contributed by atoms with Crippen molar-refractivity contribution in [3.63, 3.8) is 0 Å². The molecule has 152 valence electrons. The van der Waals surface area contributed by atoms with Crippen LogP contribution in [0.1, 0.15) is 33.6 Å². The van der Waals surface area contributed by atoms with Gasteiger partial charge in [-0.1, -0.05) is 11.6 Å². The molecule has 1 aliphatic heterocycles. The van der Waals surface area contributed by atoms with Crippen molar-refractivity contribution in [3.05, 3.63) is 29.0 Å². The monoisotopic (exact) mass is 402 g/mol. The smallest absolute Gasteiger partial charge is 0.407 e. The largest absolute Gasteiger partial charge is 0.491 e. The highest BCUT2D eigenvalue weighted by Crippen LogP contribution is 2.20. The third kappa shape index (κ3) is 7.91. The number of likely N-dealkylation sites (tertiary alicyclic amines) is 1. The van der Waals surface area contributed by atoms with Gasteiger partial charge >= 0.3 is 6.09 Å². The highest BCUT2D eigenvalue weighted by Gasteiger charge is 2.24. The Morgan fingerprint density at radius 2 is 2.07 bits per heavy atom. The Morgan fingerprint density at radius 3 is 2.67 bits per heavy atom. The highest BCUT2D eigenvalue weighted by molar-refractivity contribution is 6.30. The third-order valence-corrected chi connectivity index (χ3v) is 4.42. The second-order valence-corrected chi connectivity index (χ2v) is 8.17. The number of aliphatic hydroxyl groups excluding tert-OH is 1. The standard InChI is InChI=1S/C19H28ClFN2O4/c1-19(2,3)27-18(25)22-13-6-8-23(9-7-13)11-14(24)12-26-15-4-5-16(20)17(21)10-15/h4-5,10,13-14,24H,6-9,11-12H2,1-3H3,(H,22,25). The van der Waals surface area contributed by atoms with Crippen LogP contribution in [0.25, 0.3) is 0 Å². The van der Waals surface area contributed by atoms with Gasteiger partial charge in [0.1, 0.15) is 29.9 Å². The Balaban J connectivity index is 1.67. The molecule has 8 heteroatoms. The van der Waals surface area contributed by atoms with Gasteiger partial charge in [0, 0.05) is 31.7 Å². The molecule has 0 saturated carbocycles. The number of alkyl carbamates (subject to hydrolysis) is 1. The van der Waals surface area contributed by atoms with Crippen molar-refractivity contribution in [1.29, 1.82) is 0 Å². The SMILES string of the molecule is CC(C)(C)OC(=O)NC1CCN(CC(O)COc2ccc(Cl)c(F)c2)CC1. The summed E-state index contributed by atoms with van der Waals surface area (Å²) in [5.74, 6) is -0.223. The van der Waals surface area contributed by atoms with E-state index in [1.165, 1.54) is 12.1 Å². The summed E-state index contributed by atoms with van der Waals surface area (Å²) in [6, 6.07) is 4.25.